The standard InChI is InChI=1S/C8H20N2.C3H8/c1-4-8(2)10(3)7-5-6-9;1-3-2/h8H,4-7,9H2,1-3H3;3H2,1-2H3. The van der Waals surface area contributed by atoms with Crippen LogP contribution in [0.25, 0.3) is 0 Å². The van der Waals surface area contributed by atoms with E-state index in [1.807, 2.05) is 0 Å². The van der Waals surface area contributed by atoms with Crippen molar-refractivity contribution in [2.45, 2.75) is 53.0 Å². The summed E-state index contributed by atoms with van der Waals surface area (Å²) in [5.41, 5.74) is 5.39. The van der Waals surface area contributed by atoms with Crippen molar-refractivity contribution in [3.63, 3.8) is 0 Å². The van der Waals surface area contributed by atoms with E-state index in [1.165, 1.54) is 12.8 Å². The van der Waals surface area contributed by atoms with Gasteiger partial charge in [0.1, 0.15) is 0 Å². The smallest absolute Gasteiger partial charge is 0.00612 e. The maximum absolute atomic E-state index is 5.39. The van der Waals surface area contributed by atoms with Crippen LogP contribution in [0.2, 0.25) is 0 Å². The molecule has 0 saturated carbocycles. The molecule has 82 valence electrons. The molecule has 0 rings (SSSR count). The molecule has 1 unspecified atom stereocenters. The Balaban J connectivity index is 0. The second-order valence-corrected chi connectivity index (χ2v) is 3.59. The lowest BCUT2D eigenvalue weighted by Gasteiger charge is -2.22. The normalized spacial score (nSPS) is 12.2. The minimum Gasteiger partial charge on any atom is -0.330 e. The first-order valence-corrected chi connectivity index (χ1v) is 5.54. The second-order valence-electron chi connectivity index (χ2n) is 3.59. The van der Waals surface area contributed by atoms with E-state index in [-0.39, 0.29) is 0 Å². The fraction of sp³-hybridized carbons (Fsp3) is 1.00. The van der Waals surface area contributed by atoms with E-state index < -0.39 is 0 Å². The third kappa shape index (κ3) is 11.9. The number of nitrogens with zero attached hydrogens (tertiary/aromatic N) is 1. The maximum atomic E-state index is 5.39. The van der Waals surface area contributed by atoms with Gasteiger partial charge in [0.15, 0.2) is 0 Å². The number of rotatable bonds is 5. The zero-order valence-corrected chi connectivity index (χ0v) is 10.1. The molecule has 13 heavy (non-hydrogen) atoms. The summed E-state index contributed by atoms with van der Waals surface area (Å²) in [5.74, 6) is 0. The summed E-state index contributed by atoms with van der Waals surface area (Å²) in [6.45, 7) is 10.6. The fourth-order valence-electron chi connectivity index (χ4n) is 0.873. The first-order chi connectivity index (χ1) is 6.13. The highest BCUT2D eigenvalue weighted by Crippen LogP contribution is 1.99. The zero-order valence-electron chi connectivity index (χ0n) is 10.1. The lowest BCUT2D eigenvalue weighted by molar-refractivity contribution is 0.250. The van der Waals surface area contributed by atoms with Gasteiger partial charge in [-0.15, -0.1) is 0 Å². The highest BCUT2D eigenvalue weighted by atomic mass is 15.1. The Kier molecular flexibility index (Phi) is 14.1. The Bertz CT molecular complexity index is 84.2. The van der Waals surface area contributed by atoms with Gasteiger partial charge in [0.2, 0.25) is 0 Å². The largest absolute Gasteiger partial charge is 0.330 e. The number of hydrogen-bond acceptors (Lipinski definition) is 2. The molecule has 1 atom stereocenters. The Labute approximate surface area is 84.5 Å². The Hall–Kier alpha value is -0.0800. The highest BCUT2D eigenvalue weighted by Gasteiger charge is 2.03. The van der Waals surface area contributed by atoms with Crippen molar-refractivity contribution in [3.8, 4) is 0 Å². The van der Waals surface area contributed by atoms with E-state index >= 15 is 0 Å². The molecular formula is C11H28N2. The summed E-state index contributed by atoms with van der Waals surface area (Å²) >= 11 is 0. The molecule has 0 amide bonds. The van der Waals surface area contributed by atoms with Gasteiger partial charge in [-0.25, -0.2) is 0 Å². The van der Waals surface area contributed by atoms with E-state index in [0.29, 0.717) is 6.04 Å². The predicted octanol–water partition coefficient (Wildman–Crippen LogP) is 2.48. The molecule has 0 aliphatic heterocycles. The summed E-state index contributed by atoms with van der Waals surface area (Å²) in [6.07, 6.45) is 3.59. The van der Waals surface area contributed by atoms with Crippen LogP contribution in [0.15, 0.2) is 0 Å². The lowest BCUT2D eigenvalue weighted by atomic mass is 10.2. The topological polar surface area (TPSA) is 29.3 Å². The average molecular weight is 188 g/mol. The van der Waals surface area contributed by atoms with Crippen molar-refractivity contribution in [1.29, 1.82) is 0 Å². The van der Waals surface area contributed by atoms with E-state index in [1.54, 1.807) is 0 Å². The van der Waals surface area contributed by atoms with Crippen LogP contribution in [0, 0.1) is 0 Å². The van der Waals surface area contributed by atoms with Crippen molar-refractivity contribution >= 4 is 0 Å². The second kappa shape index (κ2) is 11.9. The molecule has 0 aliphatic carbocycles. The van der Waals surface area contributed by atoms with Crippen molar-refractivity contribution < 1.29 is 0 Å². The van der Waals surface area contributed by atoms with E-state index in [0.717, 1.165) is 19.5 Å². The van der Waals surface area contributed by atoms with Crippen LogP contribution in [-0.4, -0.2) is 31.1 Å². The molecule has 2 heteroatoms. The van der Waals surface area contributed by atoms with Gasteiger partial charge in [-0.05, 0) is 39.9 Å². The molecule has 2 N–H and O–H groups in total. The van der Waals surface area contributed by atoms with Crippen molar-refractivity contribution in [3.05, 3.63) is 0 Å². The van der Waals surface area contributed by atoms with Gasteiger partial charge >= 0.3 is 0 Å². The van der Waals surface area contributed by atoms with E-state index in [4.69, 9.17) is 5.73 Å². The lowest BCUT2D eigenvalue weighted by Crippen LogP contribution is -2.30. The molecule has 0 aliphatic rings. The molecule has 0 saturated heterocycles. The van der Waals surface area contributed by atoms with Crippen molar-refractivity contribution in [2.75, 3.05) is 20.1 Å². The van der Waals surface area contributed by atoms with Gasteiger partial charge in [-0.3, -0.25) is 0 Å². The molecule has 2 nitrogen and oxygen atoms in total. The van der Waals surface area contributed by atoms with Crippen LogP contribution >= 0.6 is 0 Å². The zero-order chi connectivity index (χ0) is 10.7. The monoisotopic (exact) mass is 188 g/mol. The van der Waals surface area contributed by atoms with Crippen LogP contribution in [0.3, 0.4) is 0 Å². The molecule has 0 heterocycles. The Morgan fingerprint density at radius 1 is 1.23 bits per heavy atom. The Morgan fingerprint density at radius 2 is 1.69 bits per heavy atom. The number of hydrogen-bond donors (Lipinski definition) is 1. The quantitative estimate of drug-likeness (QED) is 0.718. The van der Waals surface area contributed by atoms with Gasteiger partial charge in [-0.2, -0.15) is 0 Å². The first-order valence-electron chi connectivity index (χ1n) is 5.54. The SMILES string of the molecule is CCC.CCC(C)N(C)CCCN. The van der Waals surface area contributed by atoms with Crippen LogP contribution in [0.1, 0.15) is 47.0 Å². The van der Waals surface area contributed by atoms with Gasteiger partial charge in [0.25, 0.3) is 0 Å². The van der Waals surface area contributed by atoms with Crippen LogP contribution in [-0.2, 0) is 0 Å². The summed E-state index contributed by atoms with van der Waals surface area (Å²) in [5, 5.41) is 0. The molecule has 0 bridgehead atoms. The van der Waals surface area contributed by atoms with Crippen molar-refractivity contribution in [2.24, 2.45) is 5.73 Å². The average Bonchev–Trinajstić information content (AvgIpc) is 2.14. The molecule has 0 aromatic heterocycles. The molecule has 0 fully saturated rings. The predicted molar refractivity (Wildman–Crippen MR) is 62.0 cm³/mol. The van der Waals surface area contributed by atoms with Crippen LogP contribution < -0.4 is 5.73 Å². The van der Waals surface area contributed by atoms with Gasteiger partial charge < -0.3 is 10.6 Å². The summed E-state index contributed by atoms with van der Waals surface area (Å²) in [6, 6.07) is 0.701. The molecule has 0 spiro atoms. The fourth-order valence-corrected chi connectivity index (χ4v) is 0.873. The van der Waals surface area contributed by atoms with Crippen LogP contribution in [0.4, 0.5) is 0 Å². The molecule has 0 aromatic rings. The minimum absolute atomic E-state index is 0.701. The van der Waals surface area contributed by atoms with Gasteiger partial charge in [-0.1, -0.05) is 27.2 Å². The first kappa shape index (κ1) is 15.4. The van der Waals surface area contributed by atoms with Gasteiger partial charge in [0.05, 0.1) is 0 Å². The summed E-state index contributed by atoms with van der Waals surface area (Å²) in [4.78, 5) is 2.35. The van der Waals surface area contributed by atoms with Gasteiger partial charge in [0, 0.05) is 6.04 Å². The summed E-state index contributed by atoms with van der Waals surface area (Å²) in [7, 11) is 2.16. The minimum atomic E-state index is 0.701. The number of nitrogens with two attached hydrogens (primary N) is 1. The third-order valence-electron chi connectivity index (χ3n) is 2.06. The Morgan fingerprint density at radius 3 is 2.00 bits per heavy atom. The third-order valence-corrected chi connectivity index (χ3v) is 2.06. The molecule has 0 radical (unpaired) electrons. The molecule has 0 aromatic carbocycles. The maximum Gasteiger partial charge on any atom is 0.00612 e. The van der Waals surface area contributed by atoms with E-state index in [2.05, 4.69) is 39.6 Å². The van der Waals surface area contributed by atoms with Crippen molar-refractivity contribution in [1.82, 2.24) is 4.90 Å². The van der Waals surface area contributed by atoms with E-state index in [9.17, 15) is 0 Å². The molecular weight excluding hydrogens is 160 g/mol. The van der Waals surface area contributed by atoms with Crippen LogP contribution in [0.5, 0.6) is 0 Å². The summed E-state index contributed by atoms with van der Waals surface area (Å²) < 4.78 is 0. The highest BCUT2D eigenvalue weighted by molar-refractivity contribution is 4.60.